The van der Waals surface area contributed by atoms with Gasteiger partial charge in [0.2, 0.25) is 0 Å². The van der Waals surface area contributed by atoms with E-state index in [1.165, 1.54) is 70.6 Å². The van der Waals surface area contributed by atoms with Gasteiger partial charge < -0.3 is 28.5 Å². The van der Waals surface area contributed by atoms with Crippen molar-refractivity contribution < 1.29 is 42.9 Å². The molecule has 9 nitrogen and oxygen atoms in total. The summed E-state index contributed by atoms with van der Waals surface area (Å²) in [5.74, 6) is -2.04. The topological polar surface area (TPSA) is 108 Å². The number of allylic oxidation sites excluding steroid dienone is 18. The summed E-state index contributed by atoms with van der Waals surface area (Å²) in [5.41, 5.74) is 0. The number of nitrogens with zero attached hydrogens (tertiary/aromatic N) is 1. The van der Waals surface area contributed by atoms with Crippen LogP contribution in [0.2, 0.25) is 0 Å². The van der Waals surface area contributed by atoms with Gasteiger partial charge in [0, 0.05) is 12.8 Å². The predicted molar refractivity (Wildman–Crippen MR) is 308 cm³/mol. The Morgan fingerprint density at radius 2 is 0.781 bits per heavy atom. The van der Waals surface area contributed by atoms with Crippen molar-refractivity contribution in [2.45, 2.75) is 232 Å². The highest BCUT2D eigenvalue weighted by Gasteiger charge is 2.25. The van der Waals surface area contributed by atoms with E-state index in [2.05, 4.69) is 123 Å². The van der Waals surface area contributed by atoms with Gasteiger partial charge in [-0.25, -0.2) is 4.79 Å². The van der Waals surface area contributed by atoms with Crippen LogP contribution in [0.5, 0.6) is 0 Å². The van der Waals surface area contributed by atoms with Crippen LogP contribution in [0, 0.1) is 0 Å². The number of likely N-dealkylation sites (N-methyl/N-ethyl adjacent to an activating group) is 1. The van der Waals surface area contributed by atoms with Gasteiger partial charge in [0.05, 0.1) is 34.4 Å². The second-order valence-corrected chi connectivity index (χ2v) is 20.2. The number of rotatable bonds is 52. The summed E-state index contributed by atoms with van der Waals surface area (Å²) in [5, 5.41) is 9.69. The van der Waals surface area contributed by atoms with Crippen LogP contribution in [0.15, 0.2) is 109 Å². The van der Waals surface area contributed by atoms with Gasteiger partial charge in [0.1, 0.15) is 13.2 Å². The molecule has 0 aromatic heterocycles. The summed E-state index contributed by atoms with van der Waals surface area (Å²) in [7, 11) is 5.95. The highest BCUT2D eigenvalue weighted by Crippen LogP contribution is 2.15. The molecule has 2 atom stereocenters. The lowest BCUT2D eigenvalue weighted by molar-refractivity contribution is -0.870. The third-order valence-corrected chi connectivity index (χ3v) is 12.0. The number of hydrogen-bond donors (Lipinski definition) is 1. The van der Waals surface area contributed by atoms with Crippen molar-refractivity contribution in [3.8, 4) is 0 Å². The summed E-state index contributed by atoms with van der Waals surface area (Å²) in [6.45, 7) is 4.70. The average molecular weight is 1020 g/mol. The number of carboxylic acid groups (broad SMARTS) is 1. The molecular weight excluding hydrogens is 911 g/mol. The summed E-state index contributed by atoms with van der Waals surface area (Å²) in [6.07, 6.45) is 71.7. The first kappa shape index (κ1) is 69.0. The lowest BCUT2D eigenvalue weighted by Crippen LogP contribution is -2.40. The third-order valence-electron chi connectivity index (χ3n) is 12.0. The van der Waals surface area contributed by atoms with Crippen LogP contribution in [-0.4, -0.2) is 87.4 Å². The molecule has 416 valence electrons. The molecule has 1 N–H and O–H groups in total. The summed E-state index contributed by atoms with van der Waals surface area (Å²) in [6, 6.07) is 0. The van der Waals surface area contributed by atoms with E-state index >= 15 is 0 Å². The molecule has 0 aliphatic rings. The summed E-state index contributed by atoms with van der Waals surface area (Å²) >= 11 is 0. The van der Waals surface area contributed by atoms with Gasteiger partial charge in [-0.05, 0) is 103 Å². The molecule has 0 heterocycles. The lowest BCUT2D eigenvalue weighted by atomic mass is 10.0. The van der Waals surface area contributed by atoms with E-state index in [4.69, 9.17) is 18.9 Å². The van der Waals surface area contributed by atoms with Gasteiger partial charge >= 0.3 is 17.9 Å². The quantitative estimate of drug-likeness (QED) is 0.0211. The van der Waals surface area contributed by atoms with E-state index < -0.39 is 24.3 Å². The van der Waals surface area contributed by atoms with Gasteiger partial charge in [-0.15, -0.1) is 0 Å². The van der Waals surface area contributed by atoms with Gasteiger partial charge in [-0.2, -0.15) is 0 Å². The zero-order valence-corrected chi connectivity index (χ0v) is 47.3. The van der Waals surface area contributed by atoms with E-state index in [1.807, 2.05) is 21.1 Å². The van der Waals surface area contributed by atoms with Crippen molar-refractivity contribution in [2.75, 3.05) is 47.5 Å². The minimum atomic E-state index is -1.52. The third kappa shape index (κ3) is 55.5. The Morgan fingerprint density at radius 3 is 1.16 bits per heavy atom. The van der Waals surface area contributed by atoms with Crippen LogP contribution < -0.4 is 0 Å². The van der Waals surface area contributed by atoms with Crippen LogP contribution in [-0.2, 0) is 33.3 Å². The van der Waals surface area contributed by atoms with Gasteiger partial charge in [-0.1, -0.05) is 213 Å². The Kier molecular flexibility index (Phi) is 51.2. The standard InChI is InChI=1S/C64H107NO8/c1-6-8-10-12-14-16-18-20-22-23-24-25-26-27-28-29-30-31-32-33-34-35-36-37-38-39-41-43-45-47-49-51-53-55-62(67)73-60(59-72-64(63(68)69)70-57-56-65(3,4)5)58-71-61(66)54-52-50-48-46-44-42-40-21-19-17-15-13-11-9-7-2/h8,10,14-17,20-22,24-25,27-28,30-31,33-34,40,60,64H,6-7,9,11-13,18-19,23,26,29,32,35-39,41-59H2,1-5H3/p+1/b10-8-,16-14-,17-15-,22-20-,25-24-,28-27-,31-30-,34-33-,40-21-. The van der Waals surface area contributed by atoms with Crippen molar-refractivity contribution in [1.82, 2.24) is 0 Å². The maximum absolute atomic E-state index is 12.9. The van der Waals surface area contributed by atoms with E-state index in [1.54, 1.807) is 0 Å². The van der Waals surface area contributed by atoms with E-state index in [0.29, 0.717) is 17.4 Å². The van der Waals surface area contributed by atoms with Crippen molar-refractivity contribution in [3.63, 3.8) is 0 Å². The number of hydrogen-bond acceptors (Lipinski definition) is 7. The first-order valence-electron chi connectivity index (χ1n) is 29.1. The van der Waals surface area contributed by atoms with E-state index in [-0.39, 0.29) is 38.6 Å². The largest absolute Gasteiger partial charge is 0.477 e. The molecule has 0 radical (unpaired) electrons. The van der Waals surface area contributed by atoms with Crippen LogP contribution in [0.25, 0.3) is 0 Å². The van der Waals surface area contributed by atoms with Crippen molar-refractivity contribution in [3.05, 3.63) is 109 Å². The monoisotopic (exact) mass is 1020 g/mol. The molecule has 0 saturated carbocycles. The molecule has 0 aliphatic carbocycles. The fourth-order valence-corrected chi connectivity index (χ4v) is 7.55. The van der Waals surface area contributed by atoms with Gasteiger partial charge in [-0.3, -0.25) is 9.59 Å². The second-order valence-electron chi connectivity index (χ2n) is 20.2. The highest BCUT2D eigenvalue weighted by molar-refractivity contribution is 5.71. The Hall–Kier alpha value is -4.05. The number of carboxylic acids is 1. The van der Waals surface area contributed by atoms with Crippen molar-refractivity contribution in [2.24, 2.45) is 0 Å². The van der Waals surface area contributed by atoms with Crippen molar-refractivity contribution in [1.29, 1.82) is 0 Å². The van der Waals surface area contributed by atoms with Crippen LogP contribution in [0.4, 0.5) is 0 Å². The van der Waals surface area contributed by atoms with E-state index in [9.17, 15) is 19.5 Å². The van der Waals surface area contributed by atoms with Crippen LogP contribution in [0.1, 0.15) is 219 Å². The van der Waals surface area contributed by atoms with Crippen LogP contribution in [0.3, 0.4) is 0 Å². The highest BCUT2D eigenvalue weighted by atomic mass is 16.7. The molecule has 2 unspecified atom stereocenters. The summed E-state index contributed by atoms with van der Waals surface area (Å²) < 4.78 is 22.8. The Labute approximate surface area is 447 Å². The molecule has 0 bridgehead atoms. The average Bonchev–Trinajstić information content (AvgIpc) is 3.36. The number of aliphatic carboxylic acids is 1. The molecule has 73 heavy (non-hydrogen) atoms. The maximum Gasteiger partial charge on any atom is 0.361 e. The van der Waals surface area contributed by atoms with Crippen LogP contribution >= 0.6 is 0 Å². The smallest absolute Gasteiger partial charge is 0.361 e. The number of carbonyl (C=O) groups is 3. The number of ether oxygens (including phenoxy) is 4. The second kappa shape index (κ2) is 54.2. The normalized spacial score (nSPS) is 13.6. The first-order chi connectivity index (χ1) is 35.6. The Morgan fingerprint density at radius 1 is 0.425 bits per heavy atom. The zero-order chi connectivity index (χ0) is 53.4. The number of carbonyl (C=O) groups excluding carboxylic acids is 2. The lowest BCUT2D eigenvalue weighted by Gasteiger charge is -2.25. The molecule has 0 rings (SSSR count). The SMILES string of the molecule is CC/C=C\C/C=C\C/C=C\C/C=C\C/C=C\C/C=C\C/C=C\CCCCCCCCCCCCCC(=O)OC(COC(=O)CCCCCCC/C=C\C/C=C\CCCCC)COC(OCC[N+](C)(C)C)C(=O)O. The van der Waals surface area contributed by atoms with Crippen molar-refractivity contribution >= 4 is 17.9 Å². The minimum Gasteiger partial charge on any atom is -0.477 e. The zero-order valence-electron chi connectivity index (χ0n) is 47.3. The Bertz CT molecular complexity index is 1560. The number of unbranched alkanes of at least 4 members (excludes halogenated alkanes) is 19. The summed E-state index contributed by atoms with van der Waals surface area (Å²) in [4.78, 5) is 37.4. The molecule has 0 aromatic carbocycles. The van der Waals surface area contributed by atoms with E-state index in [0.717, 1.165) is 116 Å². The van der Waals surface area contributed by atoms with Gasteiger partial charge in [0.15, 0.2) is 6.10 Å². The minimum absolute atomic E-state index is 0.180. The first-order valence-corrected chi connectivity index (χ1v) is 29.1. The molecule has 0 amide bonds. The predicted octanol–water partition coefficient (Wildman–Crippen LogP) is 17.1. The molecule has 0 saturated heterocycles. The fourth-order valence-electron chi connectivity index (χ4n) is 7.55. The number of esters is 2. The molecular formula is C64H108NO8+. The number of quaternary nitrogens is 1. The Balaban J connectivity index is 4.22. The maximum atomic E-state index is 12.9. The molecule has 0 spiro atoms. The fraction of sp³-hybridized carbons (Fsp3) is 0.672. The molecule has 0 aromatic rings. The molecule has 0 aliphatic heterocycles. The van der Waals surface area contributed by atoms with Gasteiger partial charge in [0.25, 0.3) is 6.29 Å². The molecule has 0 fully saturated rings. The molecule has 9 heteroatoms.